The quantitative estimate of drug-likeness (QED) is 0.197. The second kappa shape index (κ2) is 13.5. The maximum Gasteiger partial charge on any atom is 0.311 e. The van der Waals surface area contributed by atoms with E-state index in [9.17, 15) is 9.59 Å². The molecule has 0 spiro atoms. The third kappa shape index (κ3) is 15.5. The second-order valence-corrected chi connectivity index (χ2v) is 15.7. The first-order valence-corrected chi connectivity index (χ1v) is 14.2. The number of aromatic nitrogens is 2. The summed E-state index contributed by atoms with van der Waals surface area (Å²) in [7, 11) is 4.06. The van der Waals surface area contributed by atoms with Crippen LogP contribution in [0.2, 0.25) is 0 Å². The van der Waals surface area contributed by atoms with Gasteiger partial charge >= 0.3 is 11.9 Å². The molecule has 0 bridgehead atoms. The maximum atomic E-state index is 12.7. The maximum absolute atomic E-state index is 12.7. The lowest BCUT2D eigenvalue weighted by molar-refractivity contribution is -0.908. The SMILES string of the molecule is Cn1cnc(CC[N+](C)(CCC(=O)OCC(C)(C)CC(C)(C)C)CCC(=O)OCC(C)(C)CC(C)(C)C)c1. The fourth-order valence-electron chi connectivity index (χ4n) is 5.71. The highest BCUT2D eigenvalue weighted by Gasteiger charge is 2.30. The van der Waals surface area contributed by atoms with E-state index in [1.807, 2.05) is 17.8 Å². The minimum atomic E-state index is -0.180. The van der Waals surface area contributed by atoms with Gasteiger partial charge in [-0.3, -0.25) is 9.59 Å². The molecule has 1 aromatic rings. The van der Waals surface area contributed by atoms with Gasteiger partial charge in [0.15, 0.2) is 0 Å². The Balaban J connectivity index is 2.72. The number of likely N-dealkylation sites (N-methyl/N-ethyl adjacent to an activating group) is 1. The number of hydrogen-bond donors (Lipinski definition) is 0. The zero-order chi connectivity index (χ0) is 29.4. The number of nitrogens with zero attached hydrogens (tertiary/aromatic N) is 3. The number of aryl methyl sites for hydroxylation is 1. The van der Waals surface area contributed by atoms with Gasteiger partial charge in [-0.2, -0.15) is 0 Å². The Bertz CT molecular complexity index is 840. The van der Waals surface area contributed by atoms with Crippen molar-refractivity contribution in [3.8, 4) is 0 Å². The highest BCUT2D eigenvalue weighted by atomic mass is 16.5. The van der Waals surface area contributed by atoms with E-state index in [4.69, 9.17) is 9.47 Å². The van der Waals surface area contributed by atoms with Gasteiger partial charge in [0.2, 0.25) is 0 Å². The minimum absolute atomic E-state index is 0.0738. The largest absolute Gasteiger partial charge is 0.465 e. The fourth-order valence-corrected chi connectivity index (χ4v) is 5.71. The Labute approximate surface area is 233 Å². The molecular weight excluding hydrogens is 478 g/mol. The molecule has 1 rings (SSSR count). The predicted molar refractivity (Wildman–Crippen MR) is 155 cm³/mol. The van der Waals surface area contributed by atoms with Crippen molar-refractivity contribution >= 4 is 11.9 Å². The molecule has 0 unspecified atom stereocenters. The average molecular weight is 537 g/mol. The van der Waals surface area contributed by atoms with Crippen molar-refractivity contribution in [1.29, 1.82) is 0 Å². The number of hydrogen-bond acceptors (Lipinski definition) is 5. The summed E-state index contributed by atoms with van der Waals surface area (Å²) in [6.07, 6.45) is 7.17. The van der Waals surface area contributed by atoms with Crippen LogP contribution in [0.4, 0.5) is 0 Å². The molecule has 0 saturated carbocycles. The van der Waals surface area contributed by atoms with Crippen molar-refractivity contribution in [3.05, 3.63) is 18.2 Å². The Morgan fingerprint density at radius 3 is 1.55 bits per heavy atom. The van der Waals surface area contributed by atoms with Gasteiger partial charge < -0.3 is 18.5 Å². The molecule has 0 N–H and O–H groups in total. The first-order valence-electron chi connectivity index (χ1n) is 14.2. The van der Waals surface area contributed by atoms with Crippen LogP contribution in [-0.2, 0) is 32.5 Å². The summed E-state index contributed by atoms with van der Waals surface area (Å²) < 4.78 is 13.9. The van der Waals surface area contributed by atoms with E-state index in [2.05, 4.69) is 81.3 Å². The summed E-state index contributed by atoms with van der Waals surface area (Å²) >= 11 is 0. The first kappa shape index (κ1) is 34.1. The Morgan fingerprint density at radius 2 is 1.21 bits per heavy atom. The molecule has 0 atom stereocenters. The number of imidazole rings is 1. The van der Waals surface area contributed by atoms with Crippen LogP contribution in [0.1, 0.15) is 101 Å². The van der Waals surface area contributed by atoms with Gasteiger partial charge in [-0.05, 0) is 34.5 Å². The molecular formula is C31H58N3O4+. The molecule has 7 heteroatoms. The zero-order valence-electron chi connectivity index (χ0n) is 26.7. The van der Waals surface area contributed by atoms with Gasteiger partial charge in [0, 0.05) is 19.7 Å². The molecule has 0 saturated heterocycles. The van der Waals surface area contributed by atoms with Crippen molar-refractivity contribution < 1.29 is 23.5 Å². The molecule has 0 fully saturated rings. The molecule has 7 nitrogen and oxygen atoms in total. The highest BCUT2D eigenvalue weighted by molar-refractivity contribution is 5.70. The van der Waals surface area contributed by atoms with Gasteiger partial charge in [0.05, 0.1) is 64.8 Å². The van der Waals surface area contributed by atoms with Crippen molar-refractivity contribution in [1.82, 2.24) is 9.55 Å². The Kier molecular flexibility index (Phi) is 12.1. The molecule has 0 aliphatic rings. The molecule has 0 aromatic carbocycles. The topological polar surface area (TPSA) is 70.4 Å². The van der Waals surface area contributed by atoms with Gasteiger partial charge in [-0.1, -0.05) is 69.2 Å². The van der Waals surface area contributed by atoms with Crippen LogP contribution in [0.25, 0.3) is 0 Å². The first-order chi connectivity index (χ1) is 17.1. The van der Waals surface area contributed by atoms with E-state index in [1.54, 1.807) is 6.33 Å². The van der Waals surface area contributed by atoms with E-state index in [-0.39, 0.29) is 33.6 Å². The van der Waals surface area contributed by atoms with E-state index >= 15 is 0 Å². The van der Waals surface area contributed by atoms with E-state index < -0.39 is 0 Å². The number of rotatable bonds is 15. The minimum Gasteiger partial charge on any atom is -0.465 e. The number of carbonyl (C=O) groups is 2. The summed E-state index contributed by atoms with van der Waals surface area (Å²) in [5, 5.41) is 0. The zero-order valence-corrected chi connectivity index (χ0v) is 26.7. The molecule has 38 heavy (non-hydrogen) atoms. The van der Waals surface area contributed by atoms with Gasteiger partial charge in [0.1, 0.15) is 0 Å². The highest BCUT2D eigenvalue weighted by Crippen LogP contribution is 2.34. The molecule has 1 heterocycles. The van der Waals surface area contributed by atoms with Crippen molar-refractivity contribution in [2.75, 3.05) is 39.9 Å². The van der Waals surface area contributed by atoms with Crippen molar-refractivity contribution in [2.45, 2.75) is 101 Å². The predicted octanol–water partition coefficient (Wildman–Crippen LogP) is 6.20. The molecule has 1 aromatic heterocycles. The summed E-state index contributed by atoms with van der Waals surface area (Å²) in [6, 6.07) is 0. The lowest BCUT2D eigenvalue weighted by atomic mass is 9.77. The van der Waals surface area contributed by atoms with Gasteiger partial charge in [-0.15, -0.1) is 0 Å². The number of ether oxygens (including phenoxy) is 2. The van der Waals surface area contributed by atoms with Crippen LogP contribution in [0.5, 0.6) is 0 Å². The smallest absolute Gasteiger partial charge is 0.311 e. The Hall–Kier alpha value is -1.89. The van der Waals surface area contributed by atoms with Crippen molar-refractivity contribution in [3.63, 3.8) is 0 Å². The lowest BCUT2D eigenvalue weighted by Gasteiger charge is -2.35. The molecule has 0 aliphatic heterocycles. The summed E-state index contributed by atoms with van der Waals surface area (Å²) in [4.78, 5) is 29.9. The summed E-state index contributed by atoms with van der Waals surface area (Å²) in [5.74, 6) is -0.360. The number of carbonyl (C=O) groups excluding carboxylic acids is 2. The summed E-state index contributed by atoms with van der Waals surface area (Å²) in [6.45, 7) is 24.6. The molecule has 220 valence electrons. The second-order valence-electron chi connectivity index (χ2n) is 15.7. The van der Waals surface area contributed by atoms with E-state index in [0.717, 1.165) is 31.5 Å². The normalized spacial score (nSPS) is 13.5. The van der Waals surface area contributed by atoms with Gasteiger partial charge in [-0.25, -0.2) is 4.98 Å². The van der Waals surface area contributed by atoms with Crippen LogP contribution >= 0.6 is 0 Å². The molecule has 0 aliphatic carbocycles. The fraction of sp³-hybridized carbons (Fsp3) is 0.839. The number of quaternary nitrogens is 1. The number of esters is 2. The van der Waals surface area contributed by atoms with E-state index in [0.29, 0.717) is 43.6 Å². The van der Waals surface area contributed by atoms with Crippen LogP contribution in [-0.4, -0.2) is 65.9 Å². The molecule has 0 radical (unpaired) electrons. The summed E-state index contributed by atoms with van der Waals surface area (Å²) in [5.41, 5.74) is 1.21. The lowest BCUT2D eigenvalue weighted by Crippen LogP contribution is -2.48. The molecule has 0 amide bonds. The average Bonchev–Trinajstić information content (AvgIpc) is 3.14. The third-order valence-electron chi connectivity index (χ3n) is 6.64. The Morgan fingerprint density at radius 1 is 0.789 bits per heavy atom. The van der Waals surface area contributed by atoms with Crippen LogP contribution in [0.3, 0.4) is 0 Å². The van der Waals surface area contributed by atoms with Crippen molar-refractivity contribution in [2.24, 2.45) is 28.7 Å². The van der Waals surface area contributed by atoms with E-state index in [1.165, 1.54) is 0 Å². The van der Waals surface area contributed by atoms with Crippen LogP contribution in [0, 0.1) is 21.7 Å². The van der Waals surface area contributed by atoms with Crippen LogP contribution in [0.15, 0.2) is 12.5 Å². The monoisotopic (exact) mass is 536 g/mol. The van der Waals surface area contributed by atoms with Crippen LogP contribution < -0.4 is 0 Å². The van der Waals surface area contributed by atoms with Gasteiger partial charge in [0.25, 0.3) is 0 Å². The third-order valence-corrected chi connectivity index (χ3v) is 6.64. The standard InChI is InChI=1S/C31H58N3O4/c1-28(2,3)20-30(7,8)22-37-26(35)14-17-34(12,16-13-25-19-33(11)24-32-25)18-15-27(36)38-23-31(9,10)21-29(4,5)6/h19,24H,13-18,20-23H2,1-12H3/q+1.